The number of anilines is 1. The van der Waals surface area contributed by atoms with Crippen LogP contribution in [0.25, 0.3) is 15.6 Å². The molecule has 2 aliphatic heterocycles. The van der Waals surface area contributed by atoms with Gasteiger partial charge >= 0.3 is 0 Å². The first-order chi connectivity index (χ1) is 19.1. The Kier molecular flexibility index (Phi) is 6.00. The summed E-state index contributed by atoms with van der Waals surface area (Å²) in [6.45, 7) is 14.2. The SMILES string of the molecule is [C-]#[N+]c1cccc(CC2(C)/C(=C\C=C\C3=[N+](C)c4c(ccc5ccccc45)C3(C)C)N(C)c3ccc(F)cc32)c1. The van der Waals surface area contributed by atoms with Crippen LogP contribution in [0.3, 0.4) is 0 Å². The number of nitrogens with zero attached hydrogens (tertiary/aromatic N) is 3. The van der Waals surface area contributed by atoms with Crippen LogP contribution in [0, 0.1) is 12.4 Å². The number of benzene rings is 4. The molecule has 0 bridgehead atoms. The summed E-state index contributed by atoms with van der Waals surface area (Å²) in [7, 11) is 4.21. The van der Waals surface area contributed by atoms with Crippen LogP contribution in [-0.2, 0) is 17.3 Å². The van der Waals surface area contributed by atoms with Gasteiger partial charge in [-0.1, -0.05) is 66.2 Å². The predicted molar refractivity (Wildman–Crippen MR) is 164 cm³/mol. The van der Waals surface area contributed by atoms with Gasteiger partial charge in [0.05, 0.1) is 17.4 Å². The highest BCUT2D eigenvalue weighted by atomic mass is 19.1. The fourth-order valence-electron chi connectivity index (χ4n) is 6.86. The summed E-state index contributed by atoms with van der Waals surface area (Å²) in [5, 5.41) is 2.51. The van der Waals surface area contributed by atoms with E-state index in [1.807, 2.05) is 24.3 Å². The van der Waals surface area contributed by atoms with E-state index in [1.54, 1.807) is 6.07 Å². The van der Waals surface area contributed by atoms with Gasteiger partial charge in [0, 0.05) is 35.5 Å². The number of hydrogen-bond donors (Lipinski definition) is 0. The Balaban J connectivity index is 1.44. The van der Waals surface area contributed by atoms with Crippen LogP contribution < -0.4 is 4.90 Å². The molecular weight excluding hydrogens is 493 g/mol. The van der Waals surface area contributed by atoms with Gasteiger partial charge in [-0.15, -0.1) is 0 Å². The lowest BCUT2D eigenvalue weighted by atomic mass is 9.76. The molecule has 0 radical (unpaired) electrons. The minimum Gasteiger partial charge on any atom is -0.347 e. The molecule has 0 amide bonds. The zero-order valence-electron chi connectivity index (χ0n) is 23.7. The van der Waals surface area contributed by atoms with Gasteiger partial charge in [-0.2, -0.15) is 4.58 Å². The van der Waals surface area contributed by atoms with Gasteiger partial charge < -0.3 is 4.90 Å². The van der Waals surface area contributed by atoms with Crippen LogP contribution in [0.15, 0.2) is 103 Å². The summed E-state index contributed by atoms with van der Waals surface area (Å²) in [6, 6.07) is 25.8. The number of fused-ring (bicyclic) bond motifs is 4. The first kappa shape index (κ1) is 25.8. The van der Waals surface area contributed by atoms with E-state index in [1.165, 1.54) is 33.8 Å². The highest BCUT2D eigenvalue weighted by molar-refractivity contribution is 6.07. The third-order valence-corrected chi connectivity index (χ3v) is 8.86. The molecule has 2 heterocycles. The third-order valence-electron chi connectivity index (χ3n) is 8.86. The molecule has 2 aliphatic rings. The maximum Gasteiger partial charge on any atom is 0.217 e. The van der Waals surface area contributed by atoms with Gasteiger partial charge in [-0.25, -0.2) is 9.24 Å². The Hall–Kier alpha value is -4.49. The van der Waals surface area contributed by atoms with Crippen LogP contribution in [0.4, 0.5) is 21.5 Å². The lowest BCUT2D eigenvalue weighted by Crippen LogP contribution is -2.29. The van der Waals surface area contributed by atoms with E-state index in [-0.39, 0.29) is 11.2 Å². The molecule has 0 saturated carbocycles. The van der Waals surface area contributed by atoms with Crippen molar-refractivity contribution in [1.29, 1.82) is 0 Å². The molecule has 198 valence electrons. The normalized spacial score (nSPS) is 20.4. The summed E-state index contributed by atoms with van der Waals surface area (Å²) in [5.41, 5.74) is 7.95. The van der Waals surface area contributed by atoms with Crippen molar-refractivity contribution in [2.75, 3.05) is 19.0 Å². The molecule has 4 aromatic carbocycles. The molecule has 0 fully saturated rings. The molecule has 40 heavy (non-hydrogen) atoms. The average Bonchev–Trinajstić information content (AvgIpc) is 3.27. The number of hydrogen-bond acceptors (Lipinski definition) is 1. The smallest absolute Gasteiger partial charge is 0.217 e. The topological polar surface area (TPSA) is 10.6 Å². The monoisotopic (exact) mass is 526 g/mol. The lowest BCUT2D eigenvalue weighted by Gasteiger charge is -2.29. The molecule has 0 aromatic heterocycles. The zero-order chi connectivity index (χ0) is 28.2. The van der Waals surface area contributed by atoms with Crippen molar-refractivity contribution >= 4 is 33.5 Å². The molecule has 0 saturated heterocycles. The molecule has 3 nitrogen and oxygen atoms in total. The van der Waals surface area contributed by atoms with E-state index >= 15 is 0 Å². The molecule has 0 spiro atoms. The first-order valence-electron chi connectivity index (χ1n) is 13.7. The van der Waals surface area contributed by atoms with Gasteiger partial charge in [0.1, 0.15) is 12.9 Å². The summed E-state index contributed by atoms with van der Waals surface area (Å²) >= 11 is 0. The van der Waals surface area contributed by atoms with Gasteiger partial charge in [0.25, 0.3) is 0 Å². The quantitative estimate of drug-likeness (QED) is 0.191. The maximum atomic E-state index is 14.5. The van der Waals surface area contributed by atoms with E-state index in [9.17, 15) is 4.39 Å². The van der Waals surface area contributed by atoms with Crippen LogP contribution in [0.2, 0.25) is 0 Å². The summed E-state index contributed by atoms with van der Waals surface area (Å²) in [6.07, 6.45) is 7.20. The molecule has 1 unspecified atom stereocenters. The molecule has 4 heteroatoms. The average molecular weight is 527 g/mol. The Morgan fingerprint density at radius 3 is 2.55 bits per heavy atom. The van der Waals surface area contributed by atoms with Crippen molar-refractivity contribution in [3.63, 3.8) is 0 Å². The van der Waals surface area contributed by atoms with Gasteiger partial charge in [-0.05, 0) is 68.5 Å². The summed E-state index contributed by atoms with van der Waals surface area (Å²) < 4.78 is 16.9. The lowest BCUT2D eigenvalue weighted by molar-refractivity contribution is -0.399. The second kappa shape index (κ2) is 9.31. The Morgan fingerprint density at radius 2 is 1.75 bits per heavy atom. The van der Waals surface area contributed by atoms with Crippen LogP contribution in [-0.4, -0.2) is 24.4 Å². The number of halogens is 1. The second-order valence-electron chi connectivity index (χ2n) is 11.7. The zero-order valence-corrected chi connectivity index (χ0v) is 23.7. The van der Waals surface area contributed by atoms with Gasteiger partial charge in [0.2, 0.25) is 5.69 Å². The van der Waals surface area contributed by atoms with Crippen molar-refractivity contribution in [3.05, 3.63) is 137 Å². The fraction of sp³-hybridized carbons (Fsp3) is 0.222. The Morgan fingerprint density at radius 1 is 0.950 bits per heavy atom. The van der Waals surface area contributed by atoms with E-state index in [4.69, 9.17) is 6.57 Å². The van der Waals surface area contributed by atoms with E-state index in [2.05, 4.69) is 110 Å². The molecular formula is C36H33FN3+. The largest absolute Gasteiger partial charge is 0.347 e. The fourth-order valence-corrected chi connectivity index (χ4v) is 6.86. The van der Waals surface area contributed by atoms with E-state index < -0.39 is 5.41 Å². The minimum absolute atomic E-state index is 0.152. The predicted octanol–water partition coefficient (Wildman–Crippen LogP) is 8.63. The molecule has 0 N–H and O–H groups in total. The molecule has 4 aromatic rings. The number of allylic oxidation sites excluding steroid dienone is 4. The molecule has 0 aliphatic carbocycles. The molecule has 6 rings (SSSR count). The van der Waals surface area contributed by atoms with E-state index in [0.717, 1.165) is 22.5 Å². The number of likely N-dealkylation sites (N-methyl/N-ethyl adjacent to an activating group) is 1. The van der Waals surface area contributed by atoms with Crippen LogP contribution >= 0.6 is 0 Å². The van der Waals surface area contributed by atoms with Crippen LogP contribution in [0.5, 0.6) is 0 Å². The number of rotatable bonds is 4. The van der Waals surface area contributed by atoms with Crippen molar-refractivity contribution in [2.45, 2.75) is 38.0 Å². The second-order valence-corrected chi connectivity index (χ2v) is 11.7. The van der Waals surface area contributed by atoms with Crippen molar-refractivity contribution < 1.29 is 8.97 Å². The minimum atomic E-state index is -0.460. The summed E-state index contributed by atoms with van der Waals surface area (Å²) in [5.74, 6) is -0.236. The van der Waals surface area contributed by atoms with Crippen molar-refractivity contribution in [1.82, 2.24) is 0 Å². The molecule has 1 atom stereocenters. The Labute approximate surface area is 236 Å². The van der Waals surface area contributed by atoms with Crippen LogP contribution in [0.1, 0.15) is 37.5 Å². The van der Waals surface area contributed by atoms with Crippen molar-refractivity contribution in [2.24, 2.45) is 0 Å². The first-order valence-corrected chi connectivity index (χ1v) is 13.7. The van der Waals surface area contributed by atoms with Crippen molar-refractivity contribution in [3.8, 4) is 0 Å². The third kappa shape index (κ3) is 3.88. The summed E-state index contributed by atoms with van der Waals surface area (Å²) in [4.78, 5) is 5.79. The maximum absolute atomic E-state index is 14.5. The van der Waals surface area contributed by atoms with Gasteiger partial charge in [0.15, 0.2) is 11.4 Å². The standard InChI is InChI=1S/C36H33FN3/c1-35(2)29-19-17-25-12-7-8-14-28(25)34(29)40(6)32(35)15-10-16-33-36(3,23-24-11-9-13-27(21-24)38-4)30-22-26(37)18-20-31(30)39(33)5/h7-22H,23H2,1-3,5-6H3/q+1. The Bertz CT molecular complexity index is 1820. The highest BCUT2D eigenvalue weighted by Crippen LogP contribution is 2.49. The van der Waals surface area contributed by atoms with E-state index in [0.29, 0.717) is 12.1 Å². The van der Waals surface area contributed by atoms with Gasteiger partial charge in [-0.3, -0.25) is 0 Å². The highest BCUT2D eigenvalue weighted by Gasteiger charge is 2.44.